The van der Waals surface area contributed by atoms with Crippen LogP contribution in [0.15, 0.2) is 52.1 Å². The number of carbonyl (C=O) groups excluding carboxylic acids is 2. The first-order chi connectivity index (χ1) is 12.0. The summed E-state index contributed by atoms with van der Waals surface area (Å²) >= 11 is 0. The van der Waals surface area contributed by atoms with Gasteiger partial charge in [-0.2, -0.15) is 0 Å². The van der Waals surface area contributed by atoms with Crippen molar-refractivity contribution < 1.29 is 14.3 Å². The fraction of sp³-hybridized carbons (Fsp3) is 0.0588. The summed E-state index contributed by atoms with van der Waals surface area (Å²) in [4.78, 5) is 47.8. The zero-order valence-electron chi connectivity index (χ0n) is 13.1. The van der Waals surface area contributed by atoms with Gasteiger partial charge in [-0.3, -0.25) is 24.6 Å². The zero-order valence-corrected chi connectivity index (χ0v) is 13.1. The Hall–Kier alpha value is -3.68. The highest BCUT2D eigenvalue weighted by atomic mass is 16.5. The van der Waals surface area contributed by atoms with Crippen molar-refractivity contribution in [2.75, 3.05) is 12.4 Å². The molecule has 8 heteroatoms. The molecule has 0 atom stereocenters. The molecule has 0 spiro atoms. The van der Waals surface area contributed by atoms with Crippen LogP contribution in [0.5, 0.6) is 0 Å². The molecule has 1 amide bonds. The van der Waals surface area contributed by atoms with Crippen molar-refractivity contribution in [2.45, 2.75) is 0 Å². The molecule has 0 saturated carbocycles. The van der Waals surface area contributed by atoms with Gasteiger partial charge in [0.15, 0.2) is 0 Å². The Balaban J connectivity index is 2.01. The molecule has 126 valence electrons. The second-order valence-electron chi connectivity index (χ2n) is 5.16. The average molecular weight is 339 g/mol. The van der Waals surface area contributed by atoms with Crippen LogP contribution in [0, 0.1) is 0 Å². The van der Waals surface area contributed by atoms with Crippen molar-refractivity contribution in [3.63, 3.8) is 0 Å². The number of benzene rings is 2. The second kappa shape index (κ2) is 6.44. The fourth-order valence-electron chi connectivity index (χ4n) is 2.43. The van der Waals surface area contributed by atoms with Crippen LogP contribution in [-0.4, -0.2) is 29.2 Å². The Morgan fingerprint density at radius 3 is 2.40 bits per heavy atom. The van der Waals surface area contributed by atoms with Crippen LogP contribution in [0.25, 0.3) is 10.8 Å². The smallest absolute Gasteiger partial charge is 0.337 e. The first kappa shape index (κ1) is 16.2. The molecule has 0 aliphatic carbocycles. The van der Waals surface area contributed by atoms with Gasteiger partial charge in [-0.15, -0.1) is 0 Å². The molecule has 0 saturated heterocycles. The van der Waals surface area contributed by atoms with Crippen molar-refractivity contribution >= 4 is 28.3 Å². The third-order valence-electron chi connectivity index (χ3n) is 3.62. The SMILES string of the molecule is COC(=O)c1cccc(C(=O)Nc2cccc3c(=O)[nH][nH]c(=O)c23)c1. The lowest BCUT2D eigenvalue weighted by molar-refractivity contribution is 0.0600. The van der Waals surface area contributed by atoms with Crippen LogP contribution in [0.3, 0.4) is 0 Å². The van der Waals surface area contributed by atoms with Gasteiger partial charge in [-0.1, -0.05) is 12.1 Å². The number of nitrogens with one attached hydrogen (secondary N) is 3. The number of H-pyrrole nitrogens is 2. The summed E-state index contributed by atoms with van der Waals surface area (Å²) in [5, 5.41) is 7.27. The number of aromatic nitrogens is 2. The number of aromatic amines is 2. The van der Waals surface area contributed by atoms with Crippen LogP contribution in [-0.2, 0) is 4.74 Å². The summed E-state index contributed by atoms with van der Waals surface area (Å²) in [6.07, 6.45) is 0. The van der Waals surface area contributed by atoms with Gasteiger partial charge >= 0.3 is 5.97 Å². The Kier molecular flexibility index (Phi) is 4.17. The third-order valence-corrected chi connectivity index (χ3v) is 3.62. The molecule has 8 nitrogen and oxygen atoms in total. The highest BCUT2D eigenvalue weighted by Crippen LogP contribution is 2.18. The van der Waals surface area contributed by atoms with Gasteiger partial charge in [0.25, 0.3) is 17.0 Å². The van der Waals surface area contributed by atoms with Crippen molar-refractivity contribution in [1.29, 1.82) is 0 Å². The monoisotopic (exact) mass is 339 g/mol. The molecular weight excluding hydrogens is 326 g/mol. The minimum atomic E-state index is -0.567. The number of ether oxygens (including phenoxy) is 1. The topological polar surface area (TPSA) is 121 Å². The Morgan fingerprint density at radius 1 is 0.960 bits per heavy atom. The molecule has 0 radical (unpaired) electrons. The maximum Gasteiger partial charge on any atom is 0.337 e. The van der Waals surface area contributed by atoms with E-state index in [9.17, 15) is 19.2 Å². The van der Waals surface area contributed by atoms with Crippen molar-refractivity contribution in [1.82, 2.24) is 10.2 Å². The summed E-state index contributed by atoms with van der Waals surface area (Å²) < 4.78 is 4.62. The molecule has 25 heavy (non-hydrogen) atoms. The third kappa shape index (κ3) is 3.05. The number of hydrogen-bond acceptors (Lipinski definition) is 5. The van der Waals surface area contributed by atoms with E-state index in [1.165, 1.54) is 37.4 Å². The van der Waals surface area contributed by atoms with Gasteiger partial charge in [0.2, 0.25) is 0 Å². The average Bonchev–Trinajstić information content (AvgIpc) is 2.64. The number of fused-ring (bicyclic) bond motifs is 1. The summed E-state index contributed by atoms with van der Waals surface area (Å²) in [6, 6.07) is 10.5. The van der Waals surface area contributed by atoms with Gasteiger partial charge in [0.1, 0.15) is 0 Å². The van der Waals surface area contributed by atoms with E-state index in [1.54, 1.807) is 12.1 Å². The summed E-state index contributed by atoms with van der Waals surface area (Å²) in [5.74, 6) is -1.10. The molecule has 3 N–H and O–H groups in total. The lowest BCUT2D eigenvalue weighted by Gasteiger charge is -2.08. The molecule has 1 aromatic heterocycles. The van der Waals surface area contributed by atoms with Crippen molar-refractivity contribution in [2.24, 2.45) is 0 Å². The molecule has 0 bridgehead atoms. The van der Waals surface area contributed by atoms with E-state index in [0.29, 0.717) is 0 Å². The predicted molar refractivity (Wildman–Crippen MR) is 90.9 cm³/mol. The molecule has 3 aromatic rings. The number of amides is 1. The number of hydrogen-bond donors (Lipinski definition) is 3. The molecule has 2 aromatic carbocycles. The predicted octanol–water partition coefficient (Wildman–Crippen LogP) is 1.26. The van der Waals surface area contributed by atoms with E-state index in [0.717, 1.165) is 0 Å². The van der Waals surface area contributed by atoms with Crippen LogP contribution in [0.1, 0.15) is 20.7 Å². The highest BCUT2D eigenvalue weighted by molar-refractivity contribution is 6.09. The fourth-order valence-corrected chi connectivity index (χ4v) is 2.43. The molecule has 0 fully saturated rings. The van der Waals surface area contributed by atoms with Gasteiger partial charge < -0.3 is 10.1 Å². The normalized spacial score (nSPS) is 10.4. The Morgan fingerprint density at radius 2 is 1.64 bits per heavy atom. The number of anilines is 1. The molecule has 0 aliphatic heterocycles. The van der Waals surface area contributed by atoms with Crippen LogP contribution < -0.4 is 16.4 Å². The number of carbonyl (C=O) groups is 2. The van der Waals surface area contributed by atoms with Gasteiger partial charge in [0.05, 0.1) is 29.1 Å². The lowest BCUT2D eigenvalue weighted by Crippen LogP contribution is -2.21. The Bertz CT molecular complexity index is 1100. The largest absolute Gasteiger partial charge is 0.465 e. The Labute approximate surface area is 140 Å². The molecule has 3 rings (SSSR count). The van der Waals surface area contributed by atoms with Crippen LogP contribution in [0.4, 0.5) is 5.69 Å². The summed E-state index contributed by atoms with van der Waals surface area (Å²) in [7, 11) is 1.25. The van der Waals surface area contributed by atoms with E-state index < -0.39 is 23.0 Å². The first-order valence-electron chi connectivity index (χ1n) is 7.24. The maximum absolute atomic E-state index is 12.5. The minimum Gasteiger partial charge on any atom is -0.465 e. The van der Waals surface area contributed by atoms with Crippen molar-refractivity contribution in [3.8, 4) is 0 Å². The highest BCUT2D eigenvalue weighted by Gasteiger charge is 2.14. The standard InChI is InChI=1S/C17H13N3O5/c1-25-17(24)10-5-2-4-9(8-10)14(21)18-12-7-3-6-11-13(12)16(23)20-19-15(11)22/h2-8H,1H3,(H,18,21)(H,19,22)(H,20,23). The van der Waals surface area contributed by atoms with Gasteiger partial charge in [0, 0.05) is 5.56 Å². The number of rotatable bonds is 3. The number of methoxy groups -OCH3 is 1. The number of esters is 1. The van der Waals surface area contributed by atoms with Crippen molar-refractivity contribution in [3.05, 3.63) is 74.3 Å². The lowest BCUT2D eigenvalue weighted by atomic mass is 10.1. The summed E-state index contributed by atoms with van der Waals surface area (Å²) in [5.41, 5.74) is -0.381. The first-order valence-corrected chi connectivity index (χ1v) is 7.24. The van der Waals surface area contributed by atoms with Crippen LogP contribution in [0.2, 0.25) is 0 Å². The van der Waals surface area contributed by atoms with E-state index >= 15 is 0 Å². The summed E-state index contributed by atoms with van der Waals surface area (Å²) in [6.45, 7) is 0. The van der Waals surface area contributed by atoms with Gasteiger partial charge in [-0.25, -0.2) is 4.79 Å². The zero-order chi connectivity index (χ0) is 18.0. The molecule has 0 unspecified atom stereocenters. The van der Waals surface area contributed by atoms with Crippen LogP contribution >= 0.6 is 0 Å². The molecule has 0 aliphatic rings. The molecular formula is C17H13N3O5. The quantitative estimate of drug-likeness (QED) is 0.620. The maximum atomic E-state index is 12.5. The van der Waals surface area contributed by atoms with E-state index in [4.69, 9.17) is 0 Å². The second-order valence-corrected chi connectivity index (χ2v) is 5.16. The minimum absolute atomic E-state index is 0.0729. The molecule has 1 heterocycles. The van der Waals surface area contributed by atoms with E-state index in [1.807, 2.05) is 0 Å². The van der Waals surface area contributed by atoms with E-state index in [-0.39, 0.29) is 27.6 Å². The van der Waals surface area contributed by atoms with Gasteiger partial charge in [-0.05, 0) is 30.3 Å². The van der Waals surface area contributed by atoms with E-state index in [2.05, 4.69) is 20.3 Å².